The van der Waals surface area contributed by atoms with Gasteiger partial charge in [-0.2, -0.15) is 4.57 Å². The number of aromatic nitrogens is 2. The van der Waals surface area contributed by atoms with E-state index in [9.17, 15) is 14.7 Å². The highest BCUT2D eigenvalue weighted by Gasteiger charge is 2.44. The minimum Gasteiger partial charge on any atom is -0.507 e. The minimum atomic E-state index is -0.647. The molecule has 5 rings (SSSR count). The summed E-state index contributed by atoms with van der Waals surface area (Å²) in [5.74, 6) is 0.407. The number of halogens is 1. The first kappa shape index (κ1) is 18.6. The molecular weight excluding hydrogens is 450 g/mol. The normalized spacial score (nSPS) is 16.6. The molecule has 0 radical (unpaired) electrons. The molecule has 1 unspecified atom stereocenters. The quantitative estimate of drug-likeness (QED) is 0.532. The van der Waals surface area contributed by atoms with Crippen LogP contribution in [-0.4, -0.2) is 27.5 Å². The zero-order chi connectivity index (χ0) is 21.2. The summed E-state index contributed by atoms with van der Waals surface area (Å²) in [4.78, 5) is 30.9. The van der Waals surface area contributed by atoms with Crippen LogP contribution in [0.25, 0.3) is 5.76 Å². The molecule has 2 aromatic carbocycles. The lowest BCUT2D eigenvalue weighted by molar-refractivity contribution is -0.364. The molecule has 8 heteroatoms. The molecule has 7 nitrogen and oxygen atoms in total. The summed E-state index contributed by atoms with van der Waals surface area (Å²) in [5, 5.41) is 11.2. The Balaban J connectivity index is 1.95. The highest BCUT2D eigenvalue weighted by atomic mass is 79.9. The molecular formula is C22H17BrN3O4+. The first-order valence-corrected chi connectivity index (χ1v) is 10.1. The Morgan fingerprint density at radius 2 is 1.90 bits per heavy atom. The maximum Gasteiger partial charge on any atom is 0.415 e. The van der Waals surface area contributed by atoms with Crippen LogP contribution in [0.3, 0.4) is 0 Å². The molecule has 30 heavy (non-hydrogen) atoms. The van der Waals surface area contributed by atoms with Gasteiger partial charge < -0.3 is 9.84 Å². The lowest BCUT2D eigenvalue weighted by Gasteiger charge is -2.24. The van der Waals surface area contributed by atoms with Gasteiger partial charge in [-0.15, -0.1) is 0 Å². The van der Waals surface area contributed by atoms with Gasteiger partial charge in [-0.3, -0.25) is 9.78 Å². The van der Waals surface area contributed by atoms with E-state index < -0.39 is 17.2 Å². The molecule has 2 aliphatic rings. The van der Waals surface area contributed by atoms with Crippen LogP contribution in [0.4, 0.5) is 5.82 Å². The zero-order valence-corrected chi connectivity index (χ0v) is 17.7. The smallest absolute Gasteiger partial charge is 0.415 e. The highest BCUT2D eigenvalue weighted by Crippen LogP contribution is 2.46. The molecule has 1 aliphatic carbocycles. The number of hydrogen-bond acceptors (Lipinski definition) is 4. The molecule has 2 heterocycles. The lowest BCUT2D eigenvalue weighted by atomic mass is 9.81. The van der Waals surface area contributed by atoms with E-state index in [0.29, 0.717) is 39.5 Å². The van der Waals surface area contributed by atoms with Crippen LogP contribution < -0.4 is 21.0 Å². The Bertz CT molecular complexity index is 1410. The van der Waals surface area contributed by atoms with Crippen molar-refractivity contribution in [2.24, 2.45) is 7.05 Å². The van der Waals surface area contributed by atoms with Gasteiger partial charge in [0.2, 0.25) is 0 Å². The number of allylic oxidation sites excluding steroid dienone is 1. The number of aromatic amines is 1. The monoisotopic (exact) mass is 466 g/mol. The van der Waals surface area contributed by atoms with Crippen LogP contribution in [0.2, 0.25) is 0 Å². The van der Waals surface area contributed by atoms with E-state index in [1.807, 2.05) is 36.4 Å². The van der Waals surface area contributed by atoms with Gasteiger partial charge in [-0.1, -0.05) is 34.1 Å². The fourth-order valence-corrected chi connectivity index (χ4v) is 4.67. The number of benzene rings is 2. The van der Waals surface area contributed by atoms with E-state index in [2.05, 4.69) is 25.9 Å². The molecule has 0 fully saturated rings. The summed E-state index contributed by atoms with van der Waals surface area (Å²) in [6.07, 6.45) is 0. The van der Waals surface area contributed by atoms with Gasteiger partial charge in [0.1, 0.15) is 22.8 Å². The van der Waals surface area contributed by atoms with E-state index in [1.165, 1.54) is 4.57 Å². The topological polar surface area (TPSA) is 98.3 Å². The van der Waals surface area contributed by atoms with Crippen molar-refractivity contribution >= 4 is 33.2 Å². The first-order chi connectivity index (χ1) is 14.4. The predicted molar refractivity (Wildman–Crippen MR) is 116 cm³/mol. The second-order valence-corrected chi connectivity index (χ2v) is 8.12. The number of H-pyrrole nitrogens is 1. The number of rotatable bonds is 2. The number of nitrogens with one attached hydrogen (secondary N) is 2. The molecule has 0 amide bonds. The van der Waals surface area contributed by atoms with Gasteiger partial charge in [0.15, 0.2) is 0 Å². The summed E-state index contributed by atoms with van der Waals surface area (Å²) in [6.45, 7) is 0. The SMILES string of the molecule is COc1ccc(Br)cc1C1C2=C(O)c3ccccc3C2=[NH+]c2c1c(=O)[nH]c(=O)n2C. The van der Waals surface area contributed by atoms with Crippen molar-refractivity contribution in [3.63, 3.8) is 0 Å². The standard InChI is InChI=1S/C22H16BrN3O4/c1-26-20-17(21(28)25-22(26)29)15(13-9-10(23)7-8-14(13)30-2)16-18(24-20)11-5-3-4-6-12(11)19(16)27/h3-9,15,27H,1-2H3,(H,25,28,29)/p+1. The van der Waals surface area contributed by atoms with Crippen molar-refractivity contribution in [1.82, 2.24) is 9.55 Å². The molecule has 1 atom stereocenters. The number of aliphatic hydroxyl groups is 1. The third kappa shape index (κ3) is 2.46. The highest BCUT2D eigenvalue weighted by molar-refractivity contribution is 9.10. The minimum absolute atomic E-state index is 0.0963. The number of hydrogen-bond donors (Lipinski definition) is 3. The number of aliphatic hydroxyl groups excluding tert-OH is 1. The van der Waals surface area contributed by atoms with E-state index in [-0.39, 0.29) is 5.76 Å². The van der Waals surface area contributed by atoms with Crippen LogP contribution in [-0.2, 0) is 7.05 Å². The van der Waals surface area contributed by atoms with E-state index in [1.54, 1.807) is 20.2 Å². The first-order valence-electron chi connectivity index (χ1n) is 9.26. The Labute approximate surface area is 179 Å². The molecule has 0 saturated heterocycles. The van der Waals surface area contributed by atoms with Crippen molar-refractivity contribution in [2.45, 2.75) is 5.92 Å². The molecule has 3 aromatic rings. The van der Waals surface area contributed by atoms with Crippen molar-refractivity contribution in [1.29, 1.82) is 0 Å². The molecule has 150 valence electrons. The number of fused-ring (bicyclic) bond motifs is 4. The fourth-order valence-electron chi connectivity index (χ4n) is 4.29. The average Bonchev–Trinajstić information content (AvgIpc) is 3.03. The fraction of sp³-hybridized carbons (Fsp3) is 0.136. The van der Waals surface area contributed by atoms with Gasteiger partial charge >= 0.3 is 5.69 Å². The molecule has 1 aliphatic heterocycles. The number of nitrogens with zero attached hydrogens (tertiary/aromatic N) is 1. The van der Waals surface area contributed by atoms with Crippen molar-refractivity contribution in [2.75, 3.05) is 7.11 Å². The van der Waals surface area contributed by atoms with Gasteiger partial charge in [-0.25, -0.2) is 9.79 Å². The van der Waals surface area contributed by atoms with E-state index in [4.69, 9.17) is 4.74 Å². The van der Waals surface area contributed by atoms with Crippen molar-refractivity contribution in [3.05, 3.63) is 95.6 Å². The summed E-state index contributed by atoms with van der Waals surface area (Å²) in [6, 6.07) is 13.0. The van der Waals surface area contributed by atoms with Crippen molar-refractivity contribution < 1.29 is 14.8 Å². The molecule has 0 bridgehead atoms. The van der Waals surface area contributed by atoms with Crippen LogP contribution >= 0.6 is 15.9 Å². The maximum absolute atomic E-state index is 13.0. The summed E-state index contributed by atoms with van der Waals surface area (Å²) in [5.41, 5.74) is 2.73. The largest absolute Gasteiger partial charge is 0.507 e. The molecule has 1 aromatic heterocycles. The Morgan fingerprint density at radius 1 is 1.17 bits per heavy atom. The second-order valence-electron chi connectivity index (χ2n) is 7.21. The number of methoxy groups -OCH3 is 1. The van der Waals surface area contributed by atoms with E-state index >= 15 is 0 Å². The molecule has 0 spiro atoms. The molecule has 0 saturated carbocycles. The maximum atomic E-state index is 13.0. The Hall–Kier alpha value is -3.39. The Morgan fingerprint density at radius 3 is 2.63 bits per heavy atom. The summed E-state index contributed by atoms with van der Waals surface area (Å²) >= 11 is 3.50. The van der Waals surface area contributed by atoms with Crippen LogP contribution in [0.1, 0.15) is 28.2 Å². The third-order valence-corrected chi connectivity index (χ3v) is 6.15. The molecule has 3 N–H and O–H groups in total. The predicted octanol–water partition coefficient (Wildman–Crippen LogP) is 1.47. The Kier molecular flexibility index (Phi) is 4.08. The third-order valence-electron chi connectivity index (χ3n) is 5.66. The van der Waals surface area contributed by atoms with Crippen molar-refractivity contribution in [3.8, 4) is 5.75 Å². The summed E-state index contributed by atoms with van der Waals surface area (Å²) < 4.78 is 7.76. The number of ether oxygens (including phenoxy) is 1. The van der Waals surface area contributed by atoms with Gasteiger partial charge in [0.05, 0.1) is 25.6 Å². The lowest BCUT2D eigenvalue weighted by Crippen LogP contribution is -2.72. The van der Waals surface area contributed by atoms with Crippen LogP contribution in [0, 0.1) is 0 Å². The van der Waals surface area contributed by atoms with Gasteiger partial charge in [0, 0.05) is 21.2 Å². The second kappa shape index (κ2) is 6.56. The average molecular weight is 467 g/mol. The van der Waals surface area contributed by atoms with Gasteiger partial charge in [0.25, 0.3) is 11.4 Å². The van der Waals surface area contributed by atoms with Crippen LogP contribution in [0.5, 0.6) is 5.75 Å². The summed E-state index contributed by atoms with van der Waals surface area (Å²) in [7, 11) is 3.15. The van der Waals surface area contributed by atoms with Crippen LogP contribution in [0.15, 0.2) is 62.1 Å². The zero-order valence-electron chi connectivity index (χ0n) is 16.1. The van der Waals surface area contributed by atoms with E-state index in [0.717, 1.165) is 10.0 Å². The van der Waals surface area contributed by atoms with Gasteiger partial charge in [-0.05, 0) is 24.3 Å².